The van der Waals surface area contributed by atoms with E-state index < -0.39 is 0 Å². The van der Waals surface area contributed by atoms with Crippen molar-refractivity contribution in [3.8, 4) is 0 Å². The molecule has 1 atom stereocenters. The molecule has 0 aliphatic carbocycles. The molecule has 0 bridgehead atoms. The van der Waals surface area contributed by atoms with Crippen molar-refractivity contribution in [1.29, 1.82) is 0 Å². The summed E-state index contributed by atoms with van der Waals surface area (Å²) < 4.78 is 0. The Morgan fingerprint density at radius 3 is 2.08 bits per heavy atom. The van der Waals surface area contributed by atoms with E-state index in [0.29, 0.717) is 20.6 Å². The van der Waals surface area contributed by atoms with Gasteiger partial charge < -0.3 is 5.73 Å². The van der Waals surface area contributed by atoms with Crippen LogP contribution in [0.25, 0.3) is 0 Å². The molecule has 0 aliphatic heterocycles. The summed E-state index contributed by atoms with van der Waals surface area (Å²) in [6, 6.07) is 3.13. The summed E-state index contributed by atoms with van der Waals surface area (Å²) >= 11 is 17.6. The Bertz CT molecular complexity index is 297. The third kappa shape index (κ3) is 1.86. The highest BCUT2D eigenvalue weighted by Gasteiger charge is 2.12. The van der Waals surface area contributed by atoms with Gasteiger partial charge in [0.25, 0.3) is 0 Å². The predicted molar refractivity (Wildman–Crippen MR) is 54.1 cm³/mol. The van der Waals surface area contributed by atoms with E-state index in [0.717, 1.165) is 0 Å². The highest BCUT2D eigenvalue weighted by atomic mass is 35.5. The largest absolute Gasteiger partial charge is 0.324 e. The van der Waals surface area contributed by atoms with Gasteiger partial charge >= 0.3 is 0 Å². The summed E-state index contributed by atoms with van der Waals surface area (Å²) in [4.78, 5) is 0. The number of nitrogens with two attached hydrogens (primary N) is 1. The molecule has 1 aromatic carbocycles. The molecule has 1 nitrogen and oxygen atoms in total. The number of hydrogen-bond acceptors (Lipinski definition) is 1. The Kier molecular flexibility index (Phi) is 3.24. The summed E-state index contributed by atoms with van der Waals surface area (Å²) in [5, 5.41) is 1.48. The summed E-state index contributed by atoms with van der Waals surface area (Å²) in [7, 11) is 0. The normalized spacial score (nSPS) is 13.1. The van der Waals surface area contributed by atoms with Crippen LogP contribution in [-0.4, -0.2) is 0 Å². The first-order valence-electron chi connectivity index (χ1n) is 3.43. The van der Waals surface area contributed by atoms with E-state index in [-0.39, 0.29) is 6.04 Å². The molecule has 1 unspecified atom stereocenters. The van der Waals surface area contributed by atoms with Crippen LogP contribution in [0, 0.1) is 0 Å². The van der Waals surface area contributed by atoms with Gasteiger partial charge in [0.2, 0.25) is 0 Å². The molecule has 12 heavy (non-hydrogen) atoms. The Morgan fingerprint density at radius 1 is 1.17 bits per heavy atom. The van der Waals surface area contributed by atoms with Gasteiger partial charge in [-0.2, -0.15) is 0 Å². The van der Waals surface area contributed by atoms with Gasteiger partial charge in [-0.3, -0.25) is 0 Å². The Morgan fingerprint density at radius 2 is 1.67 bits per heavy atom. The van der Waals surface area contributed by atoms with Crippen molar-refractivity contribution in [1.82, 2.24) is 0 Å². The average molecular weight is 225 g/mol. The molecular formula is C8H8Cl3N. The third-order valence-corrected chi connectivity index (χ3v) is 2.68. The van der Waals surface area contributed by atoms with Crippen LogP contribution in [0.5, 0.6) is 0 Å². The fraction of sp³-hybridized carbons (Fsp3) is 0.250. The highest BCUT2D eigenvalue weighted by Crippen LogP contribution is 2.34. The van der Waals surface area contributed by atoms with Crippen molar-refractivity contribution in [3.05, 3.63) is 32.8 Å². The number of halogens is 3. The van der Waals surface area contributed by atoms with Gasteiger partial charge in [0.15, 0.2) is 0 Å². The second-order valence-electron chi connectivity index (χ2n) is 2.55. The zero-order valence-corrected chi connectivity index (χ0v) is 8.71. The molecule has 0 aliphatic rings. The standard InChI is InChI=1S/C8H8Cl3N/c1-4(12)7-5(9)2-3-6(10)8(7)11/h2-4H,12H2,1H3. The lowest BCUT2D eigenvalue weighted by Gasteiger charge is -2.11. The zero-order chi connectivity index (χ0) is 9.30. The second kappa shape index (κ2) is 3.84. The van der Waals surface area contributed by atoms with Gasteiger partial charge in [-0.25, -0.2) is 0 Å². The maximum atomic E-state index is 5.90. The molecule has 0 amide bonds. The first-order valence-corrected chi connectivity index (χ1v) is 4.56. The lowest BCUT2D eigenvalue weighted by Crippen LogP contribution is -2.06. The van der Waals surface area contributed by atoms with Crippen LogP contribution in [0.4, 0.5) is 0 Å². The molecule has 1 rings (SSSR count). The minimum Gasteiger partial charge on any atom is -0.324 e. The maximum absolute atomic E-state index is 5.90. The summed E-state index contributed by atoms with van der Waals surface area (Å²) in [5.41, 5.74) is 6.36. The zero-order valence-electron chi connectivity index (χ0n) is 6.44. The van der Waals surface area contributed by atoms with Crippen molar-refractivity contribution in [2.24, 2.45) is 5.73 Å². The van der Waals surface area contributed by atoms with E-state index in [2.05, 4.69) is 0 Å². The van der Waals surface area contributed by atoms with Crippen molar-refractivity contribution in [2.75, 3.05) is 0 Å². The van der Waals surface area contributed by atoms with Gasteiger partial charge in [0.05, 0.1) is 10.0 Å². The van der Waals surface area contributed by atoms with E-state index in [1.807, 2.05) is 6.92 Å². The monoisotopic (exact) mass is 223 g/mol. The smallest absolute Gasteiger partial charge is 0.0654 e. The van der Waals surface area contributed by atoms with Gasteiger partial charge in [-0.05, 0) is 19.1 Å². The minimum absolute atomic E-state index is 0.205. The van der Waals surface area contributed by atoms with Crippen molar-refractivity contribution >= 4 is 34.8 Å². The third-order valence-electron chi connectivity index (χ3n) is 1.53. The molecule has 0 heterocycles. The van der Waals surface area contributed by atoms with Gasteiger partial charge in [-0.15, -0.1) is 0 Å². The number of hydrogen-bond donors (Lipinski definition) is 1. The summed E-state index contributed by atoms with van der Waals surface area (Å²) in [6.07, 6.45) is 0. The molecule has 0 fully saturated rings. The van der Waals surface area contributed by atoms with Crippen LogP contribution in [0.2, 0.25) is 15.1 Å². The van der Waals surface area contributed by atoms with Crippen LogP contribution in [0.3, 0.4) is 0 Å². The first kappa shape index (κ1) is 10.1. The van der Waals surface area contributed by atoms with Crippen molar-refractivity contribution < 1.29 is 0 Å². The molecule has 0 spiro atoms. The molecule has 0 saturated heterocycles. The number of rotatable bonds is 1. The Hall–Kier alpha value is 0.0500. The van der Waals surface area contributed by atoms with Crippen LogP contribution in [0.15, 0.2) is 12.1 Å². The topological polar surface area (TPSA) is 26.0 Å². The summed E-state index contributed by atoms with van der Waals surface area (Å²) in [5.74, 6) is 0. The minimum atomic E-state index is -0.205. The van der Waals surface area contributed by atoms with E-state index >= 15 is 0 Å². The highest BCUT2D eigenvalue weighted by molar-refractivity contribution is 6.44. The van der Waals surface area contributed by atoms with Crippen LogP contribution in [-0.2, 0) is 0 Å². The quantitative estimate of drug-likeness (QED) is 0.724. The van der Waals surface area contributed by atoms with Gasteiger partial charge in [0.1, 0.15) is 0 Å². The van der Waals surface area contributed by atoms with Crippen LogP contribution >= 0.6 is 34.8 Å². The lowest BCUT2D eigenvalue weighted by atomic mass is 10.1. The fourth-order valence-corrected chi connectivity index (χ4v) is 1.84. The number of benzene rings is 1. The van der Waals surface area contributed by atoms with E-state index in [9.17, 15) is 0 Å². The maximum Gasteiger partial charge on any atom is 0.0654 e. The summed E-state index contributed by atoms with van der Waals surface area (Å²) in [6.45, 7) is 1.81. The predicted octanol–water partition coefficient (Wildman–Crippen LogP) is 3.67. The van der Waals surface area contributed by atoms with Crippen molar-refractivity contribution in [2.45, 2.75) is 13.0 Å². The lowest BCUT2D eigenvalue weighted by molar-refractivity contribution is 0.819. The molecule has 66 valence electrons. The second-order valence-corrected chi connectivity index (χ2v) is 3.74. The Labute approximate surface area is 86.4 Å². The SMILES string of the molecule is CC(N)c1c(Cl)ccc(Cl)c1Cl. The van der Waals surface area contributed by atoms with Gasteiger partial charge in [-0.1, -0.05) is 34.8 Å². The Balaban J connectivity index is 3.33. The molecule has 4 heteroatoms. The molecule has 2 N–H and O–H groups in total. The molecule has 0 radical (unpaired) electrons. The van der Waals surface area contributed by atoms with Crippen LogP contribution in [0.1, 0.15) is 18.5 Å². The molecular weight excluding hydrogens is 216 g/mol. The van der Waals surface area contributed by atoms with Crippen LogP contribution < -0.4 is 5.73 Å². The average Bonchev–Trinajstić information content (AvgIpc) is 1.97. The van der Waals surface area contributed by atoms with E-state index in [1.54, 1.807) is 12.1 Å². The van der Waals surface area contributed by atoms with Gasteiger partial charge in [0, 0.05) is 16.6 Å². The van der Waals surface area contributed by atoms with E-state index in [4.69, 9.17) is 40.5 Å². The van der Waals surface area contributed by atoms with Crippen molar-refractivity contribution in [3.63, 3.8) is 0 Å². The molecule has 0 aromatic heterocycles. The molecule has 0 saturated carbocycles. The fourth-order valence-electron chi connectivity index (χ4n) is 0.960. The first-order chi connectivity index (χ1) is 5.54. The van der Waals surface area contributed by atoms with E-state index in [1.165, 1.54) is 0 Å². The molecule has 1 aromatic rings.